The van der Waals surface area contributed by atoms with Gasteiger partial charge in [-0.2, -0.15) is 4.99 Å². The summed E-state index contributed by atoms with van der Waals surface area (Å²) in [5.74, 6) is 0.715. The largest absolute Gasteiger partial charge is 0.492 e. The van der Waals surface area contributed by atoms with Crippen LogP contribution in [0.5, 0.6) is 0 Å². The van der Waals surface area contributed by atoms with E-state index in [9.17, 15) is 9.18 Å². The number of ether oxygens (including phenoxy) is 1. The number of aliphatic imine (C=N–C) groups is 1. The van der Waals surface area contributed by atoms with E-state index in [1.165, 1.54) is 6.07 Å². The molecule has 0 saturated heterocycles. The lowest BCUT2D eigenvalue weighted by Gasteiger charge is -2.37. The Hall–Kier alpha value is -3.29. The summed E-state index contributed by atoms with van der Waals surface area (Å²) in [5, 5.41) is 4.03. The van der Waals surface area contributed by atoms with Crippen molar-refractivity contribution >= 4 is 11.7 Å². The molecule has 5 rings (SSSR count). The Morgan fingerprint density at radius 1 is 1.30 bits per heavy atom. The first-order valence-electron chi connectivity index (χ1n) is 8.56. The number of nitrogens with zero attached hydrogens (tertiary/aromatic N) is 4. The van der Waals surface area contributed by atoms with Gasteiger partial charge in [0.15, 0.2) is 0 Å². The van der Waals surface area contributed by atoms with E-state index in [2.05, 4.69) is 15.1 Å². The number of allylic oxidation sites excluding steroid dienone is 2. The molecule has 0 spiro atoms. The van der Waals surface area contributed by atoms with Gasteiger partial charge in [-0.25, -0.2) is 9.18 Å². The minimum atomic E-state index is -0.463. The summed E-state index contributed by atoms with van der Waals surface area (Å²) < 4.78 is 24.6. The molecule has 136 valence electrons. The molecule has 27 heavy (non-hydrogen) atoms. The molecule has 2 aromatic rings. The predicted molar refractivity (Wildman–Crippen MR) is 92.4 cm³/mol. The summed E-state index contributed by atoms with van der Waals surface area (Å²) in [7, 11) is 0. The quantitative estimate of drug-likeness (QED) is 0.814. The molecule has 2 aliphatic heterocycles. The Balaban J connectivity index is 1.61. The van der Waals surface area contributed by atoms with Crippen LogP contribution in [0.15, 0.2) is 51.5 Å². The Bertz CT molecular complexity index is 1030. The molecule has 2 aromatic heterocycles. The zero-order chi connectivity index (χ0) is 18.7. The van der Waals surface area contributed by atoms with Gasteiger partial charge in [-0.15, -0.1) is 0 Å². The number of hydrogen-bond acceptors (Lipinski definition) is 5. The molecule has 0 N–H and O–H groups in total. The minimum Gasteiger partial charge on any atom is -0.492 e. The molecule has 3 aliphatic rings. The summed E-state index contributed by atoms with van der Waals surface area (Å²) >= 11 is 0. The fourth-order valence-electron chi connectivity index (χ4n) is 3.87. The van der Waals surface area contributed by atoms with Crippen molar-refractivity contribution < 1.29 is 18.4 Å². The van der Waals surface area contributed by atoms with Crippen molar-refractivity contribution in [2.45, 2.75) is 25.8 Å². The van der Waals surface area contributed by atoms with Gasteiger partial charge in [0.1, 0.15) is 35.7 Å². The van der Waals surface area contributed by atoms with Crippen LogP contribution < -0.4 is 0 Å². The van der Waals surface area contributed by atoms with Crippen LogP contribution in [-0.2, 0) is 4.74 Å². The van der Waals surface area contributed by atoms with E-state index in [1.54, 1.807) is 11.0 Å². The van der Waals surface area contributed by atoms with Gasteiger partial charge in [-0.1, -0.05) is 11.2 Å². The molecule has 2 unspecified atom stereocenters. The van der Waals surface area contributed by atoms with E-state index in [1.807, 2.05) is 26.0 Å². The lowest BCUT2D eigenvalue weighted by molar-refractivity contribution is 0.0922. The van der Waals surface area contributed by atoms with Crippen molar-refractivity contribution in [3.8, 4) is 0 Å². The molecule has 8 heteroatoms. The number of amides is 2. The van der Waals surface area contributed by atoms with Crippen LogP contribution in [0.2, 0.25) is 0 Å². The maximum Gasteiger partial charge on any atom is 0.349 e. The second-order valence-electron chi connectivity index (χ2n) is 6.67. The number of halogens is 1. The molecular formula is C19H15FN4O3. The number of pyridine rings is 1. The van der Waals surface area contributed by atoms with E-state index in [-0.39, 0.29) is 18.6 Å². The molecule has 7 nitrogen and oxygen atoms in total. The second-order valence-corrected chi connectivity index (χ2v) is 6.67. The molecule has 0 bridgehead atoms. The Labute approximate surface area is 153 Å². The van der Waals surface area contributed by atoms with Crippen LogP contribution in [0.4, 0.5) is 9.18 Å². The number of hydrogen-bond donors (Lipinski definition) is 0. The number of aromatic nitrogens is 2. The first-order valence-corrected chi connectivity index (χ1v) is 8.56. The van der Waals surface area contributed by atoms with Crippen LogP contribution in [0.3, 0.4) is 0 Å². The van der Waals surface area contributed by atoms with Gasteiger partial charge in [0.25, 0.3) is 0 Å². The van der Waals surface area contributed by atoms with Crippen molar-refractivity contribution in [1.29, 1.82) is 0 Å². The Morgan fingerprint density at radius 3 is 2.85 bits per heavy atom. The number of rotatable bonds is 2. The maximum absolute atomic E-state index is 13.2. The van der Waals surface area contributed by atoms with Crippen LogP contribution in [0, 0.1) is 19.7 Å². The van der Waals surface area contributed by atoms with Crippen LogP contribution in [-0.4, -0.2) is 33.4 Å². The summed E-state index contributed by atoms with van der Waals surface area (Å²) in [5.41, 5.74) is 3.44. The zero-order valence-corrected chi connectivity index (χ0v) is 14.6. The highest BCUT2D eigenvalue weighted by Gasteiger charge is 2.45. The summed E-state index contributed by atoms with van der Waals surface area (Å²) in [4.78, 5) is 22.5. The highest BCUT2D eigenvalue weighted by Crippen LogP contribution is 2.45. The normalized spacial score (nSPS) is 23.4. The van der Waals surface area contributed by atoms with Gasteiger partial charge in [0.2, 0.25) is 0 Å². The molecule has 0 radical (unpaired) electrons. The number of carbonyl (C=O) groups is 1. The van der Waals surface area contributed by atoms with E-state index < -0.39 is 11.9 Å². The Kier molecular flexibility index (Phi) is 3.30. The van der Waals surface area contributed by atoms with Gasteiger partial charge >= 0.3 is 6.03 Å². The standard InChI is InChI=1S/C19H15FN4O3/c1-9-16(10(2)27-23-9)12-4-6-14-17-18(12)26-8-15(24(17)19(25)22-14)13-5-3-11(20)7-21-13/h3-7,12,15H,8H2,1-2H3. The lowest BCUT2D eigenvalue weighted by Crippen LogP contribution is -2.39. The van der Waals surface area contributed by atoms with Gasteiger partial charge in [0, 0.05) is 5.56 Å². The van der Waals surface area contributed by atoms with Crippen LogP contribution >= 0.6 is 0 Å². The summed E-state index contributed by atoms with van der Waals surface area (Å²) in [6.45, 7) is 3.93. The molecule has 1 aliphatic carbocycles. The average molecular weight is 366 g/mol. The lowest BCUT2D eigenvalue weighted by atomic mass is 9.88. The maximum atomic E-state index is 13.2. The molecule has 4 heterocycles. The molecule has 0 aromatic carbocycles. The molecule has 2 amide bonds. The van der Waals surface area contributed by atoms with Gasteiger partial charge in [0.05, 0.1) is 29.2 Å². The third kappa shape index (κ3) is 2.26. The monoisotopic (exact) mass is 366 g/mol. The molecule has 0 fully saturated rings. The topological polar surface area (TPSA) is 80.8 Å². The van der Waals surface area contributed by atoms with E-state index in [4.69, 9.17) is 9.26 Å². The zero-order valence-electron chi connectivity index (χ0n) is 14.6. The van der Waals surface area contributed by atoms with Crippen molar-refractivity contribution in [3.63, 3.8) is 0 Å². The SMILES string of the molecule is Cc1noc(C)c1C1C=CC2=NC(=O)N3C2=C1OCC3c1ccc(F)cn1. The van der Waals surface area contributed by atoms with Crippen LogP contribution in [0.1, 0.15) is 34.7 Å². The highest BCUT2D eigenvalue weighted by molar-refractivity contribution is 6.19. The van der Waals surface area contributed by atoms with Gasteiger partial charge < -0.3 is 9.26 Å². The molecular weight excluding hydrogens is 351 g/mol. The van der Waals surface area contributed by atoms with Gasteiger partial charge in [-0.05, 0) is 32.1 Å². The third-order valence-electron chi connectivity index (χ3n) is 5.07. The van der Waals surface area contributed by atoms with Crippen molar-refractivity contribution in [3.05, 3.63) is 70.5 Å². The minimum absolute atomic E-state index is 0.208. The first-order chi connectivity index (χ1) is 13.0. The van der Waals surface area contributed by atoms with Crippen molar-refractivity contribution in [2.75, 3.05) is 6.61 Å². The number of urea groups is 1. The smallest absolute Gasteiger partial charge is 0.349 e. The predicted octanol–water partition coefficient (Wildman–Crippen LogP) is 3.34. The fourth-order valence-corrected chi connectivity index (χ4v) is 3.87. The third-order valence-corrected chi connectivity index (χ3v) is 5.07. The van der Waals surface area contributed by atoms with Crippen molar-refractivity contribution in [1.82, 2.24) is 15.0 Å². The van der Waals surface area contributed by atoms with Crippen LogP contribution in [0.25, 0.3) is 0 Å². The van der Waals surface area contributed by atoms with E-state index >= 15 is 0 Å². The fraction of sp³-hybridized carbons (Fsp3) is 0.263. The Morgan fingerprint density at radius 2 is 2.15 bits per heavy atom. The van der Waals surface area contributed by atoms with Crippen molar-refractivity contribution in [2.24, 2.45) is 4.99 Å². The highest BCUT2D eigenvalue weighted by atomic mass is 19.1. The first kappa shape index (κ1) is 15.9. The van der Waals surface area contributed by atoms with E-state index in [0.717, 1.165) is 17.5 Å². The van der Waals surface area contributed by atoms with E-state index in [0.29, 0.717) is 28.6 Å². The summed E-state index contributed by atoms with van der Waals surface area (Å²) in [6, 6.07) is 2.04. The second kappa shape index (κ2) is 5.60. The molecule has 0 saturated carbocycles. The summed E-state index contributed by atoms with van der Waals surface area (Å²) in [6.07, 6.45) is 4.89. The number of aryl methyl sites for hydroxylation is 2. The average Bonchev–Trinajstić information content (AvgIpc) is 3.17. The number of carbonyl (C=O) groups excluding carboxylic acids is 1. The molecule has 2 atom stereocenters. The van der Waals surface area contributed by atoms with Gasteiger partial charge in [-0.3, -0.25) is 9.88 Å².